The van der Waals surface area contributed by atoms with Gasteiger partial charge >= 0.3 is 0 Å². The molecule has 0 aromatic heterocycles. The van der Waals surface area contributed by atoms with Crippen molar-refractivity contribution in [3.63, 3.8) is 0 Å². The smallest absolute Gasteiger partial charge is 0.160 e. The van der Waals surface area contributed by atoms with Gasteiger partial charge in [0.25, 0.3) is 0 Å². The lowest BCUT2D eigenvalue weighted by molar-refractivity contribution is 0.644. The van der Waals surface area contributed by atoms with Crippen LogP contribution in [-0.4, -0.2) is 7.38 Å². The summed E-state index contributed by atoms with van der Waals surface area (Å²) in [5, 5.41) is 1.64. The minimum Gasteiger partial charge on any atom is -0.160 e. The van der Waals surface area contributed by atoms with E-state index in [1.807, 2.05) is 0 Å². The largest absolute Gasteiger partial charge is 0.197 e. The SMILES string of the molecule is CC(C)(C)[Si](Cl)(c1ccccc1)C(C)(C)C. The molecule has 1 aromatic carbocycles. The van der Waals surface area contributed by atoms with Crippen LogP contribution in [0.1, 0.15) is 41.5 Å². The fourth-order valence-electron chi connectivity index (χ4n) is 2.66. The molecule has 0 aliphatic rings. The molecule has 0 bridgehead atoms. The summed E-state index contributed by atoms with van der Waals surface area (Å²) in [6, 6.07) is 10.6. The highest BCUT2D eigenvalue weighted by molar-refractivity contribution is 7.30. The summed E-state index contributed by atoms with van der Waals surface area (Å²) in [4.78, 5) is 0. The van der Waals surface area contributed by atoms with Gasteiger partial charge in [0.15, 0.2) is 7.38 Å². The Labute approximate surface area is 106 Å². The first-order valence-electron chi connectivity index (χ1n) is 5.85. The second kappa shape index (κ2) is 4.19. The van der Waals surface area contributed by atoms with Gasteiger partial charge in [0.2, 0.25) is 0 Å². The van der Waals surface area contributed by atoms with Crippen molar-refractivity contribution in [3.8, 4) is 0 Å². The van der Waals surface area contributed by atoms with Crippen molar-refractivity contribution in [2.24, 2.45) is 0 Å². The van der Waals surface area contributed by atoms with Crippen LogP contribution in [0.25, 0.3) is 0 Å². The third kappa shape index (κ3) is 2.21. The molecule has 0 aliphatic carbocycles. The molecule has 0 N–H and O–H groups in total. The number of rotatable bonds is 1. The fraction of sp³-hybridized carbons (Fsp3) is 0.571. The zero-order chi connectivity index (χ0) is 12.6. The number of hydrogen-bond acceptors (Lipinski definition) is 0. The van der Waals surface area contributed by atoms with E-state index in [1.54, 1.807) is 0 Å². The molecule has 0 saturated heterocycles. The molecule has 0 atom stereocenters. The van der Waals surface area contributed by atoms with E-state index in [0.717, 1.165) is 0 Å². The number of hydrogen-bond donors (Lipinski definition) is 0. The van der Waals surface area contributed by atoms with Crippen molar-refractivity contribution < 1.29 is 0 Å². The zero-order valence-corrected chi connectivity index (χ0v) is 13.0. The first kappa shape index (κ1) is 13.8. The van der Waals surface area contributed by atoms with Crippen LogP contribution >= 0.6 is 11.1 Å². The summed E-state index contributed by atoms with van der Waals surface area (Å²) >= 11 is 7.16. The Bertz CT molecular complexity index is 329. The molecule has 0 amide bonds. The Morgan fingerprint density at radius 2 is 1.19 bits per heavy atom. The summed E-state index contributed by atoms with van der Waals surface area (Å²) in [6.07, 6.45) is 0. The fourth-order valence-corrected chi connectivity index (χ4v) is 7.67. The normalized spacial score (nSPS) is 13.9. The van der Waals surface area contributed by atoms with Crippen LogP contribution in [0.4, 0.5) is 0 Å². The third-order valence-electron chi connectivity index (χ3n) is 3.24. The summed E-state index contributed by atoms with van der Waals surface area (Å²) < 4.78 is 0. The van der Waals surface area contributed by atoms with Crippen LogP contribution in [0.3, 0.4) is 0 Å². The highest BCUT2D eigenvalue weighted by Crippen LogP contribution is 2.52. The molecule has 90 valence electrons. The molecule has 1 rings (SSSR count). The predicted molar refractivity (Wildman–Crippen MR) is 77.1 cm³/mol. The van der Waals surface area contributed by atoms with Gasteiger partial charge in [-0.15, -0.1) is 0 Å². The molecule has 16 heavy (non-hydrogen) atoms. The number of halogens is 1. The van der Waals surface area contributed by atoms with Gasteiger partial charge in [0.05, 0.1) is 0 Å². The Morgan fingerprint density at radius 3 is 1.50 bits per heavy atom. The van der Waals surface area contributed by atoms with Crippen LogP contribution in [0.5, 0.6) is 0 Å². The van der Waals surface area contributed by atoms with E-state index < -0.39 is 7.38 Å². The van der Waals surface area contributed by atoms with Crippen molar-refractivity contribution in [3.05, 3.63) is 30.3 Å². The molecule has 0 radical (unpaired) electrons. The Balaban J connectivity index is 3.39. The van der Waals surface area contributed by atoms with Gasteiger partial charge in [0.1, 0.15) is 0 Å². The maximum Gasteiger partial charge on any atom is 0.197 e. The van der Waals surface area contributed by atoms with Gasteiger partial charge < -0.3 is 0 Å². The topological polar surface area (TPSA) is 0 Å². The van der Waals surface area contributed by atoms with E-state index in [1.165, 1.54) is 5.19 Å². The van der Waals surface area contributed by atoms with E-state index in [-0.39, 0.29) is 10.1 Å². The molecular formula is C14H23ClSi. The molecule has 0 saturated carbocycles. The lowest BCUT2D eigenvalue weighted by Crippen LogP contribution is -2.56. The molecule has 0 unspecified atom stereocenters. The molecule has 0 aliphatic heterocycles. The van der Waals surface area contributed by atoms with Gasteiger partial charge in [0, 0.05) is 0 Å². The predicted octanol–water partition coefficient (Wildman–Crippen LogP) is 4.68. The molecule has 0 heterocycles. The summed E-state index contributed by atoms with van der Waals surface area (Å²) in [5.41, 5.74) is 0. The van der Waals surface area contributed by atoms with Gasteiger partial charge in [-0.05, 0) is 15.3 Å². The highest BCUT2D eigenvalue weighted by Gasteiger charge is 2.53. The molecule has 0 spiro atoms. The van der Waals surface area contributed by atoms with E-state index in [4.69, 9.17) is 11.1 Å². The van der Waals surface area contributed by atoms with Crippen molar-refractivity contribution in [1.29, 1.82) is 0 Å². The Morgan fingerprint density at radius 1 is 0.812 bits per heavy atom. The quantitative estimate of drug-likeness (QED) is 0.504. The average molecular weight is 255 g/mol. The van der Waals surface area contributed by atoms with E-state index >= 15 is 0 Å². The van der Waals surface area contributed by atoms with Crippen molar-refractivity contribution in [1.82, 2.24) is 0 Å². The second-order valence-electron chi connectivity index (χ2n) is 6.52. The van der Waals surface area contributed by atoms with Crippen molar-refractivity contribution in [2.45, 2.75) is 51.6 Å². The van der Waals surface area contributed by atoms with Crippen LogP contribution in [-0.2, 0) is 0 Å². The van der Waals surface area contributed by atoms with Crippen LogP contribution in [0, 0.1) is 0 Å². The lowest BCUT2D eigenvalue weighted by Gasteiger charge is -2.47. The van der Waals surface area contributed by atoms with Crippen LogP contribution in [0.15, 0.2) is 30.3 Å². The van der Waals surface area contributed by atoms with Gasteiger partial charge in [-0.3, -0.25) is 0 Å². The molecule has 1 aromatic rings. The van der Waals surface area contributed by atoms with E-state index in [0.29, 0.717) is 0 Å². The van der Waals surface area contributed by atoms with Crippen molar-refractivity contribution in [2.75, 3.05) is 0 Å². The Hall–Kier alpha value is -0.273. The first-order chi connectivity index (χ1) is 7.11. The average Bonchev–Trinajstić information content (AvgIpc) is 2.14. The summed E-state index contributed by atoms with van der Waals surface area (Å²) in [7, 11) is -2.06. The van der Waals surface area contributed by atoms with Gasteiger partial charge in [-0.2, -0.15) is 11.1 Å². The van der Waals surface area contributed by atoms with Gasteiger partial charge in [-0.1, -0.05) is 71.9 Å². The molecular weight excluding hydrogens is 232 g/mol. The zero-order valence-electron chi connectivity index (χ0n) is 11.3. The monoisotopic (exact) mass is 254 g/mol. The second-order valence-corrected chi connectivity index (χ2v) is 13.1. The van der Waals surface area contributed by atoms with E-state index in [9.17, 15) is 0 Å². The first-order valence-corrected chi connectivity index (χ1v) is 8.86. The maximum atomic E-state index is 7.16. The molecule has 0 fully saturated rings. The minimum absolute atomic E-state index is 0.147. The maximum absolute atomic E-state index is 7.16. The van der Waals surface area contributed by atoms with E-state index in [2.05, 4.69) is 71.9 Å². The number of benzene rings is 1. The van der Waals surface area contributed by atoms with Crippen LogP contribution in [0.2, 0.25) is 10.1 Å². The summed E-state index contributed by atoms with van der Waals surface area (Å²) in [6.45, 7) is 13.6. The standard InChI is InChI=1S/C14H23ClSi/c1-13(2,3)16(15,14(4,5)6)12-10-8-7-9-11-12/h7-11H,1-6H3. The third-order valence-corrected chi connectivity index (χ3v) is 12.6. The minimum atomic E-state index is -2.06. The lowest BCUT2D eigenvalue weighted by atomic mass is 10.2. The van der Waals surface area contributed by atoms with Crippen LogP contribution < -0.4 is 5.19 Å². The highest BCUT2D eigenvalue weighted by atomic mass is 35.6. The molecule has 2 heteroatoms. The summed E-state index contributed by atoms with van der Waals surface area (Å²) in [5.74, 6) is 0. The van der Waals surface area contributed by atoms with Crippen molar-refractivity contribution >= 4 is 23.6 Å². The van der Waals surface area contributed by atoms with Gasteiger partial charge in [-0.25, -0.2) is 0 Å². The molecule has 0 nitrogen and oxygen atoms in total. The Kier molecular flexibility index (Phi) is 3.61.